The number of halogens is 1. The van der Waals surface area contributed by atoms with Crippen LogP contribution in [0.2, 0.25) is 0 Å². The van der Waals surface area contributed by atoms with Crippen molar-refractivity contribution in [2.45, 2.75) is 0 Å². The molecular formula is C15H12IN3. The first kappa shape index (κ1) is 12.2. The van der Waals surface area contributed by atoms with Crippen LogP contribution >= 0.6 is 22.6 Å². The van der Waals surface area contributed by atoms with Crippen LogP contribution in [0.3, 0.4) is 0 Å². The number of nitrogen functional groups attached to an aromatic ring is 1. The lowest BCUT2D eigenvalue weighted by Crippen LogP contribution is -1.97. The highest BCUT2D eigenvalue weighted by Crippen LogP contribution is 2.29. The molecule has 94 valence electrons. The van der Waals surface area contributed by atoms with E-state index in [0.717, 1.165) is 31.4 Å². The molecule has 0 amide bonds. The highest BCUT2D eigenvalue weighted by molar-refractivity contribution is 14.1. The number of hydrogen-bond donors (Lipinski definition) is 2. The SMILES string of the molecule is Nc1cc(I)ccc1Nc1cccc2cnccc12. The molecule has 0 aliphatic rings. The van der Waals surface area contributed by atoms with Gasteiger partial charge in [0, 0.05) is 32.4 Å². The summed E-state index contributed by atoms with van der Waals surface area (Å²) in [6.45, 7) is 0. The van der Waals surface area contributed by atoms with E-state index in [1.165, 1.54) is 0 Å². The summed E-state index contributed by atoms with van der Waals surface area (Å²) in [5.74, 6) is 0. The lowest BCUT2D eigenvalue weighted by atomic mass is 10.1. The molecule has 3 nitrogen and oxygen atoms in total. The van der Waals surface area contributed by atoms with Gasteiger partial charge in [0.1, 0.15) is 0 Å². The van der Waals surface area contributed by atoms with E-state index in [1.807, 2.05) is 48.7 Å². The van der Waals surface area contributed by atoms with Crippen LogP contribution < -0.4 is 11.1 Å². The fourth-order valence-electron chi connectivity index (χ4n) is 2.02. The molecule has 2 aromatic carbocycles. The first-order valence-corrected chi connectivity index (χ1v) is 6.97. The van der Waals surface area contributed by atoms with Gasteiger partial charge in [0.05, 0.1) is 11.4 Å². The maximum atomic E-state index is 6.03. The predicted octanol–water partition coefficient (Wildman–Crippen LogP) is 4.17. The molecule has 0 saturated heterocycles. The van der Waals surface area contributed by atoms with E-state index in [0.29, 0.717) is 0 Å². The van der Waals surface area contributed by atoms with Gasteiger partial charge in [0.2, 0.25) is 0 Å². The van der Waals surface area contributed by atoms with Crippen molar-refractivity contribution in [1.29, 1.82) is 0 Å². The van der Waals surface area contributed by atoms with Crippen LogP contribution in [0.25, 0.3) is 10.8 Å². The second-order valence-electron chi connectivity index (χ2n) is 4.26. The van der Waals surface area contributed by atoms with Crippen LogP contribution in [-0.4, -0.2) is 4.98 Å². The van der Waals surface area contributed by atoms with Crippen LogP contribution in [0.1, 0.15) is 0 Å². The Balaban J connectivity index is 2.06. The third kappa shape index (κ3) is 2.49. The molecular weight excluding hydrogens is 349 g/mol. The molecule has 0 atom stereocenters. The second-order valence-corrected chi connectivity index (χ2v) is 5.50. The Bertz CT molecular complexity index is 735. The molecule has 0 radical (unpaired) electrons. The lowest BCUT2D eigenvalue weighted by Gasteiger charge is -2.12. The van der Waals surface area contributed by atoms with Gasteiger partial charge in [0.25, 0.3) is 0 Å². The highest BCUT2D eigenvalue weighted by Gasteiger charge is 2.04. The van der Waals surface area contributed by atoms with Gasteiger partial charge in [0.15, 0.2) is 0 Å². The van der Waals surface area contributed by atoms with Crippen LogP contribution in [0.5, 0.6) is 0 Å². The van der Waals surface area contributed by atoms with Crippen molar-refractivity contribution in [2.24, 2.45) is 0 Å². The van der Waals surface area contributed by atoms with Crippen molar-refractivity contribution >= 4 is 50.4 Å². The maximum Gasteiger partial charge on any atom is 0.0618 e. The summed E-state index contributed by atoms with van der Waals surface area (Å²) in [6.07, 6.45) is 3.66. The number of aromatic nitrogens is 1. The number of anilines is 3. The van der Waals surface area contributed by atoms with Crippen molar-refractivity contribution in [3.05, 3.63) is 58.4 Å². The van der Waals surface area contributed by atoms with E-state index in [-0.39, 0.29) is 0 Å². The molecule has 0 aliphatic carbocycles. The third-order valence-electron chi connectivity index (χ3n) is 2.96. The number of nitrogens with zero attached hydrogens (tertiary/aromatic N) is 1. The third-order valence-corrected chi connectivity index (χ3v) is 3.63. The smallest absolute Gasteiger partial charge is 0.0618 e. The monoisotopic (exact) mass is 361 g/mol. The summed E-state index contributed by atoms with van der Waals surface area (Å²) in [6, 6.07) is 14.1. The van der Waals surface area contributed by atoms with E-state index in [1.54, 1.807) is 6.20 Å². The van der Waals surface area contributed by atoms with E-state index >= 15 is 0 Å². The van der Waals surface area contributed by atoms with Crippen molar-refractivity contribution in [3.63, 3.8) is 0 Å². The van der Waals surface area contributed by atoms with E-state index in [9.17, 15) is 0 Å². The van der Waals surface area contributed by atoms with Gasteiger partial charge in [-0.15, -0.1) is 0 Å². The fraction of sp³-hybridized carbons (Fsp3) is 0. The highest BCUT2D eigenvalue weighted by atomic mass is 127. The van der Waals surface area contributed by atoms with Crippen molar-refractivity contribution in [1.82, 2.24) is 4.98 Å². The molecule has 0 spiro atoms. The van der Waals surface area contributed by atoms with Crippen LogP contribution in [-0.2, 0) is 0 Å². The summed E-state index contributed by atoms with van der Waals surface area (Å²) in [5.41, 5.74) is 8.74. The number of hydrogen-bond acceptors (Lipinski definition) is 3. The summed E-state index contributed by atoms with van der Waals surface area (Å²) in [7, 11) is 0. The van der Waals surface area contributed by atoms with Gasteiger partial charge < -0.3 is 11.1 Å². The molecule has 19 heavy (non-hydrogen) atoms. The minimum absolute atomic E-state index is 0.748. The Morgan fingerprint density at radius 2 is 1.95 bits per heavy atom. The van der Waals surface area contributed by atoms with E-state index < -0.39 is 0 Å². The maximum absolute atomic E-state index is 6.03. The van der Waals surface area contributed by atoms with E-state index in [4.69, 9.17) is 5.73 Å². The van der Waals surface area contributed by atoms with Gasteiger partial charge >= 0.3 is 0 Å². The average Bonchev–Trinajstić information content (AvgIpc) is 2.42. The van der Waals surface area contributed by atoms with Gasteiger partial charge in [-0.2, -0.15) is 0 Å². The Labute approximate surface area is 125 Å². The minimum Gasteiger partial charge on any atom is -0.397 e. The number of fused-ring (bicyclic) bond motifs is 1. The molecule has 3 aromatic rings. The van der Waals surface area contributed by atoms with Crippen molar-refractivity contribution in [3.8, 4) is 0 Å². The van der Waals surface area contributed by atoms with Gasteiger partial charge in [-0.25, -0.2) is 0 Å². The molecule has 0 unspecified atom stereocenters. The minimum atomic E-state index is 0.748. The molecule has 1 heterocycles. The summed E-state index contributed by atoms with van der Waals surface area (Å²) >= 11 is 2.25. The summed E-state index contributed by atoms with van der Waals surface area (Å²) < 4.78 is 1.13. The molecule has 3 N–H and O–H groups in total. The van der Waals surface area contributed by atoms with Gasteiger partial charge in [-0.05, 0) is 52.9 Å². The molecule has 1 aromatic heterocycles. The number of nitrogens with one attached hydrogen (secondary N) is 1. The zero-order valence-electron chi connectivity index (χ0n) is 10.1. The molecule has 4 heteroatoms. The molecule has 0 aliphatic heterocycles. The lowest BCUT2D eigenvalue weighted by molar-refractivity contribution is 1.36. The molecule has 3 rings (SSSR count). The zero-order valence-corrected chi connectivity index (χ0v) is 12.3. The van der Waals surface area contributed by atoms with Crippen molar-refractivity contribution in [2.75, 3.05) is 11.1 Å². The van der Waals surface area contributed by atoms with Crippen LogP contribution in [0.4, 0.5) is 17.1 Å². The Kier molecular flexibility index (Phi) is 3.25. The van der Waals surface area contributed by atoms with E-state index in [2.05, 4.69) is 32.9 Å². The first-order chi connectivity index (χ1) is 9.24. The Morgan fingerprint density at radius 3 is 2.79 bits per heavy atom. The number of benzene rings is 2. The van der Waals surface area contributed by atoms with Gasteiger partial charge in [-0.3, -0.25) is 4.98 Å². The normalized spacial score (nSPS) is 10.6. The standard InChI is InChI=1S/C15H12IN3/c16-11-4-5-15(13(17)8-11)19-14-3-1-2-10-9-18-7-6-12(10)14/h1-9,19H,17H2. The predicted molar refractivity (Wildman–Crippen MR) is 88.6 cm³/mol. The Morgan fingerprint density at radius 1 is 1.05 bits per heavy atom. The fourth-order valence-corrected chi connectivity index (χ4v) is 2.54. The zero-order chi connectivity index (χ0) is 13.2. The topological polar surface area (TPSA) is 50.9 Å². The summed E-state index contributed by atoms with van der Waals surface area (Å²) in [5, 5.41) is 5.63. The first-order valence-electron chi connectivity index (χ1n) is 5.89. The number of rotatable bonds is 2. The number of pyridine rings is 1. The second kappa shape index (κ2) is 5.05. The van der Waals surface area contributed by atoms with Crippen molar-refractivity contribution < 1.29 is 0 Å². The number of nitrogens with two attached hydrogens (primary N) is 1. The molecule has 0 bridgehead atoms. The molecule has 0 saturated carbocycles. The quantitative estimate of drug-likeness (QED) is 0.532. The molecule has 0 fully saturated rings. The van der Waals surface area contributed by atoms with Crippen LogP contribution in [0, 0.1) is 3.57 Å². The van der Waals surface area contributed by atoms with Gasteiger partial charge in [-0.1, -0.05) is 12.1 Å². The summed E-state index contributed by atoms with van der Waals surface area (Å²) in [4.78, 5) is 4.14. The van der Waals surface area contributed by atoms with Crippen LogP contribution in [0.15, 0.2) is 54.9 Å². The largest absolute Gasteiger partial charge is 0.397 e. The average molecular weight is 361 g/mol. The Hall–Kier alpha value is -1.82.